The number of nitrogens with two attached hydrogens (primary N) is 1. The standard InChI is InChI=1S/C6H6O.C3H7NO/c7-6-4-2-1-3-5-6;1-2-3(4)5/h1-5,7H;2H2,1H3,(H2,4,5). The zero-order valence-electron chi connectivity index (χ0n) is 7.03. The summed E-state index contributed by atoms with van der Waals surface area (Å²) >= 11 is 0. The van der Waals surface area contributed by atoms with Crippen molar-refractivity contribution in [2.24, 2.45) is 5.73 Å². The Morgan fingerprint density at radius 3 is 2.00 bits per heavy atom. The molecule has 0 aliphatic rings. The third-order valence-corrected chi connectivity index (χ3v) is 1.10. The lowest BCUT2D eigenvalue weighted by molar-refractivity contribution is -0.117. The Hall–Kier alpha value is -1.51. The minimum Gasteiger partial charge on any atom is -0.508 e. The second-order valence-corrected chi connectivity index (χ2v) is 2.16. The van der Waals surface area contributed by atoms with Gasteiger partial charge in [0.2, 0.25) is 5.91 Å². The average Bonchev–Trinajstić information content (AvgIpc) is 2.07. The van der Waals surface area contributed by atoms with Crippen molar-refractivity contribution in [3.05, 3.63) is 30.3 Å². The first-order valence-electron chi connectivity index (χ1n) is 3.69. The average molecular weight is 167 g/mol. The molecule has 3 nitrogen and oxygen atoms in total. The maximum absolute atomic E-state index is 9.59. The molecule has 12 heavy (non-hydrogen) atoms. The van der Waals surface area contributed by atoms with E-state index >= 15 is 0 Å². The van der Waals surface area contributed by atoms with Crippen molar-refractivity contribution < 1.29 is 9.90 Å². The van der Waals surface area contributed by atoms with Crippen LogP contribution >= 0.6 is 0 Å². The lowest BCUT2D eigenvalue weighted by Crippen LogP contribution is -2.06. The Morgan fingerprint density at radius 2 is 1.83 bits per heavy atom. The molecule has 0 saturated heterocycles. The summed E-state index contributed by atoms with van der Waals surface area (Å²) < 4.78 is 0. The lowest BCUT2D eigenvalue weighted by Gasteiger charge is -1.82. The first-order valence-corrected chi connectivity index (χ1v) is 3.69. The molecule has 66 valence electrons. The fourth-order valence-electron chi connectivity index (χ4n) is 0.428. The van der Waals surface area contributed by atoms with Crippen LogP contribution < -0.4 is 5.73 Å². The maximum Gasteiger partial charge on any atom is 0.217 e. The molecule has 0 saturated carbocycles. The lowest BCUT2D eigenvalue weighted by atomic mass is 10.3. The topological polar surface area (TPSA) is 63.3 Å². The normalized spacial score (nSPS) is 8.08. The van der Waals surface area contributed by atoms with E-state index < -0.39 is 0 Å². The molecule has 0 heterocycles. The highest BCUT2D eigenvalue weighted by Crippen LogP contribution is 2.02. The number of phenolic OH excluding ortho intramolecular Hbond substituents is 1. The van der Waals surface area contributed by atoms with E-state index in [9.17, 15) is 4.79 Å². The Morgan fingerprint density at radius 1 is 1.42 bits per heavy atom. The number of benzene rings is 1. The van der Waals surface area contributed by atoms with E-state index in [1.54, 1.807) is 31.2 Å². The highest BCUT2D eigenvalue weighted by Gasteiger charge is 1.77. The van der Waals surface area contributed by atoms with Crippen LogP contribution in [0.2, 0.25) is 0 Å². The Labute approximate surface area is 71.8 Å². The molecule has 0 atom stereocenters. The van der Waals surface area contributed by atoms with Gasteiger partial charge in [-0.15, -0.1) is 0 Å². The number of para-hydroxylation sites is 1. The van der Waals surface area contributed by atoms with Gasteiger partial charge in [-0.3, -0.25) is 4.79 Å². The van der Waals surface area contributed by atoms with Crippen LogP contribution in [0.5, 0.6) is 5.75 Å². The molecule has 1 aromatic rings. The highest BCUT2D eigenvalue weighted by atomic mass is 16.3. The fourth-order valence-corrected chi connectivity index (χ4v) is 0.428. The van der Waals surface area contributed by atoms with Crippen LogP contribution in [-0.4, -0.2) is 11.0 Å². The Bertz CT molecular complexity index is 221. The van der Waals surface area contributed by atoms with Gasteiger partial charge in [-0.2, -0.15) is 0 Å². The van der Waals surface area contributed by atoms with Crippen molar-refractivity contribution in [3.63, 3.8) is 0 Å². The monoisotopic (exact) mass is 167 g/mol. The van der Waals surface area contributed by atoms with Crippen LogP contribution in [-0.2, 0) is 4.79 Å². The number of primary amides is 1. The molecule has 3 N–H and O–H groups in total. The van der Waals surface area contributed by atoms with E-state index in [1.807, 2.05) is 6.07 Å². The number of carbonyl (C=O) groups is 1. The molecule has 1 rings (SSSR count). The van der Waals surface area contributed by atoms with E-state index in [1.165, 1.54) is 0 Å². The quantitative estimate of drug-likeness (QED) is 0.661. The third kappa shape index (κ3) is 6.61. The van der Waals surface area contributed by atoms with Gasteiger partial charge < -0.3 is 10.8 Å². The van der Waals surface area contributed by atoms with Gasteiger partial charge in [0.1, 0.15) is 5.75 Å². The van der Waals surface area contributed by atoms with Crippen LogP contribution in [0.4, 0.5) is 0 Å². The van der Waals surface area contributed by atoms with Gasteiger partial charge in [0.15, 0.2) is 0 Å². The number of amides is 1. The second kappa shape index (κ2) is 6.22. The van der Waals surface area contributed by atoms with E-state index in [0.29, 0.717) is 12.2 Å². The molecule has 0 bridgehead atoms. The minimum absolute atomic E-state index is 0.245. The first-order chi connectivity index (χ1) is 5.66. The van der Waals surface area contributed by atoms with Crippen LogP contribution in [0, 0.1) is 0 Å². The zero-order chi connectivity index (χ0) is 9.40. The molecule has 0 aromatic heterocycles. The van der Waals surface area contributed by atoms with Crippen molar-refractivity contribution in [1.82, 2.24) is 0 Å². The molecule has 0 aliphatic carbocycles. The maximum atomic E-state index is 9.59. The van der Waals surface area contributed by atoms with E-state index in [2.05, 4.69) is 5.73 Å². The molecule has 1 aromatic carbocycles. The van der Waals surface area contributed by atoms with Gasteiger partial charge in [0, 0.05) is 6.42 Å². The van der Waals surface area contributed by atoms with Gasteiger partial charge >= 0.3 is 0 Å². The summed E-state index contributed by atoms with van der Waals surface area (Å²) in [5, 5.41) is 8.63. The number of hydrogen-bond donors (Lipinski definition) is 2. The summed E-state index contributed by atoms with van der Waals surface area (Å²) in [6.45, 7) is 1.72. The Balaban J connectivity index is 0.000000217. The molecule has 0 radical (unpaired) electrons. The van der Waals surface area contributed by atoms with Crippen molar-refractivity contribution in [2.45, 2.75) is 13.3 Å². The van der Waals surface area contributed by atoms with Gasteiger partial charge in [-0.05, 0) is 12.1 Å². The molecule has 0 unspecified atom stereocenters. The molecule has 3 heteroatoms. The first kappa shape index (κ1) is 10.5. The number of hydrogen-bond acceptors (Lipinski definition) is 2. The minimum atomic E-state index is -0.245. The molecule has 0 aliphatic heterocycles. The highest BCUT2D eigenvalue weighted by molar-refractivity contribution is 5.73. The molecule has 0 fully saturated rings. The number of aromatic hydroxyl groups is 1. The predicted molar refractivity (Wildman–Crippen MR) is 47.6 cm³/mol. The molecular formula is C9H13NO2. The van der Waals surface area contributed by atoms with Crippen molar-refractivity contribution in [3.8, 4) is 5.75 Å². The van der Waals surface area contributed by atoms with E-state index in [0.717, 1.165) is 0 Å². The summed E-state index contributed by atoms with van der Waals surface area (Å²) in [7, 11) is 0. The van der Waals surface area contributed by atoms with E-state index in [4.69, 9.17) is 5.11 Å². The van der Waals surface area contributed by atoms with Crippen LogP contribution in [0.1, 0.15) is 13.3 Å². The van der Waals surface area contributed by atoms with Crippen LogP contribution in [0.25, 0.3) is 0 Å². The summed E-state index contributed by atoms with van der Waals surface area (Å²) in [5.41, 5.74) is 4.65. The number of rotatable bonds is 1. The van der Waals surface area contributed by atoms with Crippen molar-refractivity contribution in [1.29, 1.82) is 0 Å². The fraction of sp³-hybridized carbons (Fsp3) is 0.222. The summed E-state index contributed by atoms with van der Waals surface area (Å²) in [5.74, 6) is 0.0764. The second-order valence-electron chi connectivity index (χ2n) is 2.16. The number of carbonyl (C=O) groups excluding carboxylic acids is 1. The van der Waals surface area contributed by atoms with Crippen LogP contribution in [0.3, 0.4) is 0 Å². The Kier molecular flexibility index (Phi) is 5.43. The van der Waals surface area contributed by atoms with Gasteiger partial charge in [0.25, 0.3) is 0 Å². The largest absolute Gasteiger partial charge is 0.508 e. The third-order valence-electron chi connectivity index (χ3n) is 1.10. The van der Waals surface area contributed by atoms with Gasteiger partial charge in [0.05, 0.1) is 0 Å². The summed E-state index contributed by atoms with van der Waals surface area (Å²) in [6.07, 6.45) is 0.444. The predicted octanol–water partition coefficient (Wildman–Crippen LogP) is 1.27. The van der Waals surface area contributed by atoms with E-state index in [-0.39, 0.29) is 5.91 Å². The van der Waals surface area contributed by atoms with Crippen molar-refractivity contribution in [2.75, 3.05) is 0 Å². The molecular weight excluding hydrogens is 154 g/mol. The van der Waals surface area contributed by atoms with Crippen LogP contribution in [0.15, 0.2) is 30.3 Å². The smallest absolute Gasteiger partial charge is 0.217 e. The molecule has 1 amide bonds. The number of phenols is 1. The SMILES string of the molecule is CCC(N)=O.Oc1ccccc1. The molecule has 0 spiro atoms. The zero-order valence-corrected chi connectivity index (χ0v) is 7.03. The summed E-state index contributed by atoms with van der Waals surface area (Å²) in [4.78, 5) is 9.59. The van der Waals surface area contributed by atoms with Gasteiger partial charge in [-0.1, -0.05) is 25.1 Å². The van der Waals surface area contributed by atoms with Crippen molar-refractivity contribution >= 4 is 5.91 Å². The van der Waals surface area contributed by atoms with Gasteiger partial charge in [-0.25, -0.2) is 0 Å². The summed E-state index contributed by atoms with van der Waals surface area (Å²) in [6, 6.07) is 8.71.